The minimum atomic E-state index is -0.224. The molecule has 1 N–H and O–H groups in total. The van der Waals surface area contributed by atoms with Gasteiger partial charge in [0.1, 0.15) is 11.4 Å². The number of hydrogen-bond donors (Lipinski definition) is 1. The van der Waals surface area contributed by atoms with Crippen LogP contribution in [0.5, 0.6) is 5.75 Å². The number of methoxy groups -OCH3 is 1. The third-order valence-electron chi connectivity index (χ3n) is 4.87. The predicted molar refractivity (Wildman–Crippen MR) is 111 cm³/mol. The van der Waals surface area contributed by atoms with Gasteiger partial charge in [0.15, 0.2) is 0 Å². The molecule has 146 valence electrons. The van der Waals surface area contributed by atoms with Gasteiger partial charge in [-0.05, 0) is 42.9 Å². The Bertz CT molecular complexity index is 940. The lowest BCUT2D eigenvalue weighted by molar-refractivity contribution is 0.0930. The smallest absolute Gasteiger partial charge is 0.271 e. The van der Waals surface area contributed by atoms with Crippen LogP contribution in [0.25, 0.3) is 11.0 Å². The highest BCUT2D eigenvalue weighted by Gasteiger charge is 2.20. The van der Waals surface area contributed by atoms with Crippen molar-refractivity contribution in [3.05, 3.63) is 66.0 Å². The molecule has 0 fully saturated rings. The highest BCUT2D eigenvalue weighted by molar-refractivity contribution is 5.93. The van der Waals surface area contributed by atoms with Gasteiger partial charge in [-0.25, -0.2) is 4.98 Å². The third kappa shape index (κ3) is 4.46. The van der Waals surface area contributed by atoms with Crippen molar-refractivity contribution in [2.75, 3.05) is 26.7 Å². The van der Waals surface area contributed by atoms with E-state index in [1.54, 1.807) is 7.11 Å². The Kier molecular flexibility index (Phi) is 6.55. The van der Waals surface area contributed by atoms with Crippen LogP contribution in [0.2, 0.25) is 0 Å². The number of carbonyl (C=O) groups excluding carboxylic acids is 1. The van der Waals surface area contributed by atoms with Gasteiger partial charge in [0.25, 0.3) is 5.91 Å². The summed E-state index contributed by atoms with van der Waals surface area (Å²) in [6.45, 7) is 6.47. The Labute approximate surface area is 165 Å². The van der Waals surface area contributed by atoms with Crippen LogP contribution >= 0.6 is 0 Å². The third-order valence-corrected chi connectivity index (χ3v) is 4.87. The SMILES string of the molecule is CCN(CC)C(CNC(=O)c1cnc2ccccc2n1)c1cccc(OC)c1. The molecule has 1 amide bonds. The molecule has 0 saturated carbocycles. The maximum absolute atomic E-state index is 12.7. The molecular weight excluding hydrogens is 352 g/mol. The topological polar surface area (TPSA) is 67.4 Å². The molecule has 0 aliphatic rings. The number of carbonyl (C=O) groups is 1. The Hall–Kier alpha value is -2.99. The summed E-state index contributed by atoms with van der Waals surface area (Å²) < 4.78 is 5.36. The summed E-state index contributed by atoms with van der Waals surface area (Å²) in [6.07, 6.45) is 1.52. The fourth-order valence-electron chi connectivity index (χ4n) is 3.32. The molecule has 0 aliphatic carbocycles. The van der Waals surface area contributed by atoms with Crippen LogP contribution in [-0.4, -0.2) is 47.5 Å². The van der Waals surface area contributed by atoms with Crippen LogP contribution in [0.15, 0.2) is 54.7 Å². The molecule has 1 aromatic heterocycles. The summed E-state index contributed by atoms with van der Waals surface area (Å²) in [4.78, 5) is 23.8. The number of aromatic nitrogens is 2. The van der Waals surface area contributed by atoms with Crippen molar-refractivity contribution in [1.29, 1.82) is 0 Å². The molecule has 0 aliphatic heterocycles. The summed E-state index contributed by atoms with van der Waals surface area (Å²) in [6, 6.07) is 15.5. The molecule has 1 heterocycles. The maximum Gasteiger partial charge on any atom is 0.271 e. The van der Waals surface area contributed by atoms with Gasteiger partial charge in [-0.2, -0.15) is 0 Å². The summed E-state index contributed by atoms with van der Waals surface area (Å²) >= 11 is 0. The first-order valence-corrected chi connectivity index (χ1v) is 9.54. The Balaban J connectivity index is 1.78. The lowest BCUT2D eigenvalue weighted by Crippen LogP contribution is -2.38. The Morgan fingerprint density at radius 3 is 2.57 bits per heavy atom. The number of rotatable bonds is 8. The number of hydrogen-bond acceptors (Lipinski definition) is 5. The Morgan fingerprint density at radius 1 is 1.11 bits per heavy atom. The van der Waals surface area contributed by atoms with E-state index in [1.807, 2.05) is 42.5 Å². The van der Waals surface area contributed by atoms with Gasteiger partial charge in [0.05, 0.1) is 30.4 Å². The van der Waals surface area contributed by atoms with E-state index < -0.39 is 0 Å². The largest absolute Gasteiger partial charge is 0.497 e. The van der Waals surface area contributed by atoms with E-state index in [-0.39, 0.29) is 11.9 Å². The van der Waals surface area contributed by atoms with Gasteiger partial charge in [-0.3, -0.25) is 14.7 Å². The monoisotopic (exact) mass is 378 g/mol. The first-order valence-electron chi connectivity index (χ1n) is 9.54. The number of likely N-dealkylation sites (N-methyl/N-ethyl adjacent to an activating group) is 1. The first-order chi connectivity index (χ1) is 13.7. The fourth-order valence-corrected chi connectivity index (χ4v) is 3.32. The highest BCUT2D eigenvalue weighted by atomic mass is 16.5. The molecular formula is C22H26N4O2. The molecule has 1 unspecified atom stereocenters. The molecule has 1 atom stereocenters. The maximum atomic E-state index is 12.7. The van der Waals surface area contributed by atoms with Crippen LogP contribution in [-0.2, 0) is 0 Å². The van der Waals surface area contributed by atoms with Crippen molar-refractivity contribution < 1.29 is 9.53 Å². The van der Waals surface area contributed by atoms with E-state index in [1.165, 1.54) is 6.20 Å². The number of amides is 1. The summed E-state index contributed by atoms with van der Waals surface area (Å²) in [5, 5.41) is 3.02. The van der Waals surface area contributed by atoms with Crippen LogP contribution in [0.4, 0.5) is 0 Å². The van der Waals surface area contributed by atoms with Crippen molar-refractivity contribution in [2.45, 2.75) is 19.9 Å². The van der Waals surface area contributed by atoms with Gasteiger partial charge >= 0.3 is 0 Å². The molecule has 0 radical (unpaired) electrons. The zero-order valence-electron chi connectivity index (χ0n) is 16.6. The molecule has 28 heavy (non-hydrogen) atoms. The molecule has 6 nitrogen and oxygen atoms in total. The first kappa shape index (κ1) is 19.8. The van der Waals surface area contributed by atoms with Crippen molar-refractivity contribution in [2.24, 2.45) is 0 Å². The van der Waals surface area contributed by atoms with Gasteiger partial charge in [0.2, 0.25) is 0 Å². The van der Waals surface area contributed by atoms with Gasteiger partial charge in [-0.1, -0.05) is 38.1 Å². The van der Waals surface area contributed by atoms with Crippen molar-refractivity contribution in [3.8, 4) is 5.75 Å². The normalized spacial score (nSPS) is 12.1. The van der Waals surface area contributed by atoms with Gasteiger partial charge < -0.3 is 10.1 Å². The van der Waals surface area contributed by atoms with Crippen LogP contribution in [0.3, 0.4) is 0 Å². The van der Waals surface area contributed by atoms with E-state index in [0.717, 1.165) is 29.9 Å². The van der Waals surface area contributed by atoms with E-state index in [9.17, 15) is 4.79 Å². The molecule has 3 rings (SSSR count). The minimum absolute atomic E-state index is 0.0439. The van der Waals surface area contributed by atoms with Crippen molar-refractivity contribution in [3.63, 3.8) is 0 Å². The van der Waals surface area contributed by atoms with E-state index in [0.29, 0.717) is 17.8 Å². The van der Waals surface area contributed by atoms with E-state index in [2.05, 4.69) is 40.1 Å². The zero-order chi connectivity index (χ0) is 19.9. The van der Waals surface area contributed by atoms with Gasteiger partial charge in [-0.15, -0.1) is 0 Å². The van der Waals surface area contributed by atoms with Crippen molar-refractivity contribution in [1.82, 2.24) is 20.2 Å². The fraction of sp³-hybridized carbons (Fsp3) is 0.318. The molecule has 3 aromatic rings. The summed E-state index contributed by atoms with van der Waals surface area (Å²) in [7, 11) is 1.66. The second-order valence-electron chi connectivity index (χ2n) is 6.47. The average molecular weight is 378 g/mol. The molecule has 0 saturated heterocycles. The highest BCUT2D eigenvalue weighted by Crippen LogP contribution is 2.24. The lowest BCUT2D eigenvalue weighted by Gasteiger charge is -2.30. The number of para-hydroxylation sites is 2. The number of ether oxygens (including phenoxy) is 1. The van der Waals surface area contributed by atoms with Crippen molar-refractivity contribution >= 4 is 16.9 Å². The number of benzene rings is 2. The second kappa shape index (κ2) is 9.28. The van der Waals surface area contributed by atoms with Crippen LogP contribution in [0, 0.1) is 0 Å². The standard InChI is InChI=1S/C22H26N4O2/c1-4-26(5-2)21(16-9-8-10-17(13-16)28-3)15-24-22(27)20-14-23-18-11-6-7-12-19(18)25-20/h6-14,21H,4-5,15H2,1-3H3,(H,24,27). The molecule has 2 aromatic carbocycles. The number of nitrogens with zero attached hydrogens (tertiary/aromatic N) is 3. The molecule has 6 heteroatoms. The van der Waals surface area contributed by atoms with E-state index >= 15 is 0 Å². The van der Waals surface area contributed by atoms with Crippen LogP contribution < -0.4 is 10.1 Å². The van der Waals surface area contributed by atoms with Crippen LogP contribution in [0.1, 0.15) is 35.9 Å². The lowest BCUT2D eigenvalue weighted by atomic mass is 10.0. The molecule has 0 bridgehead atoms. The predicted octanol–water partition coefficient (Wildman–Crippen LogP) is 3.45. The summed E-state index contributed by atoms with van der Waals surface area (Å²) in [5.41, 5.74) is 2.91. The summed E-state index contributed by atoms with van der Waals surface area (Å²) in [5.74, 6) is 0.583. The van der Waals surface area contributed by atoms with E-state index in [4.69, 9.17) is 4.74 Å². The molecule has 0 spiro atoms. The van der Waals surface area contributed by atoms with Gasteiger partial charge in [0, 0.05) is 6.54 Å². The Morgan fingerprint density at radius 2 is 1.86 bits per heavy atom. The average Bonchev–Trinajstić information content (AvgIpc) is 2.76. The quantitative estimate of drug-likeness (QED) is 0.650. The zero-order valence-corrected chi connectivity index (χ0v) is 16.6. The number of fused-ring (bicyclic) bond motifs is 1. The number of nitrogens with one attached hydrogen (secondary N) is 1. The second-order valence-corrected chi connectivity index (χ2v) is 6.47. The minimum Gasteiger partial charge on any atom is -0.497 e.